The van der Waals surface area contributed by atoms with E-state index in [1.54, 1.807) is 0 Å². The quantitative estimate of drug-likeness (QED) is 0.834. The van der Waals surface area contributed by atoms with Crippen molar-refractivity contribution >= 4 is 10.8 Å². The molecule has 1 heteroatoms. The minimum absolute atomic E-state index is 0.231. The second-order valence-electron chi connectivity index (χ2n) is 4.99. The van der Waals surface area contributed by atoms with Crippen LogP contribution < -0.4 is 0 Å². The van der Waals surface area contributed by atoms with Crippen LogP contribution in [0.15, 0.2) is 42.5 Å². The molecule has 0 fully saturated rings. The average Bonchev–Trinajstić information content (AvgIpc) is 2.40. The second kappa shape index (κ2) is 6.01. The standard InChI is InChI=1S/C17H22O/c1-3-13(4-2)17(18)12-15-10-7-9-14-8-5-6-11-16(14)15/h5-11,13,17-18H,3-4,12H2,1-2H3. The summed E-state index contributed by atoms with van der Waals surface area (Å²) in [5.74, 6) is 0.406. The summed E-state index contributed by atoms with van der Waals surface area (Å²) < 4.78 is 0. The van der Waals surface area contributed by atoms with Crippen molar-refractivity contribution in [1.29, 1.82) is 0 Å². The Morgan fingerprint density at radius 1 is 0.944 bits per heavy atom. The van der Waals surface area contributed by atoms with Crippen molar-refractivity contribution in [2.45, 2.75) is 39.2 Å². The number of hydrogen-bond donors (Lipinski definition) is 1. The molecule has 0 saturated heterocycles. The van der Waals surface area contributed by atoms with Gasteiger partial charge >= 0.3 is 0 Å². The first-order valence-electron chi connectivity index (χ1n) is 6.91. The molecule has 2 aromatic carbocycles. The molecule has 0 aliphatic rings. The molecule has 2 rings (SSSR count). The fraction of sp³-hybridized carbons (Fsp3) is 0.412. The molecule has 0 aliphatic carbocycles. The van der Waals surface area contributed by atoms with Crippen LogP contribution >= 0.6 is 0 Å². The maximum absolute atomic E-state index is 10.3. The van der Waals surface area contributed by atoms with Gasteiger partial charge in [0.15, 0.2) is 0 Å². The number of aliphatic hydroxyl groups excluding tert-OH is 1. The molecular formula is C17H22O. The lowest BCUT2D eigenvalue weighted by Crippen LogP contribution is -2.21. The van der Waals surface area contributed by atoms with Crippen LogP contribution in [0.4, 0.5) is 0 Å². The van der Waals surface area contributed by atoms with E-state index in [2.05, 4.69) is 56.3 Å². The molecule has 0 amide bonds. The van der Waals surface area contributed by atoms with Gasteiger partial charge in [-0.05, 0) is 28.7 Å². The van der Waals surface area contributed by atoms with Crippen molar-refractivity contribution in [2.24, 2.45) is 5.92 Å². The molecule has 1 unspecified atom stereocenters. The van der Waals surface area contributed by atoms with Crippen LogP contribution in [-0.2, 0) is 6.42 Å². The topological polar surface area (TPSA) is 20.2 Å². The molecule has 0 radical (unpaired) electrons. The fourth-order valence-electron chi connectivity index (χ4n) is 2.70. The van der Waals surface area contributed by atoms with Crippen molar-refractivity contribution in [3.8, 4) is 0 Å². The first kappa shape index (κ1) is 13.1. The van der Waals surface area contributed by atoms with Gasteiger partial charge in [-0.2, -0.15) is 0 Å². The Morgan fingerprint density at radius 2 is 1.61 bits per heavy atom. The van der Waals surface area contributed by atoms with Crippen LogP contribution in [-0.4, -0.2) is 11.2 Å². The minimum atomic E-state index is -0.231. The van der Waals surface area contributed by atoms with Gasteiger partial charge in [0.2, 0.25) is 0 Å². The van der Waals surface area contributed by atoms with Crippen LogP contribution in [0.25, 0.3) is 10.8 Å². The zero-order valence-corrected chi connectivity index (χ0v) is 11.3. The first-order chi connectivity index (χ1) is 8.76. The zero-order valence-electron chi connectivity index (χ0n) is 11.3. The zero-order chi connectivity index (χ0) is 13.0. The van der Waals surface area contributed by atoms with Crippen molar-refractivity contribution in [1.82, 2.24) is 0 Å². The Labute approximate surface area is 109 Å². The van der Waals surface area contributed by atoms with Gasteiger partial charge in [0.1, 0.15) is 0 Å². The lowest BCUT2D eigenvalue weighted by molar-refractivity contribution is 0.103. The number of aliphatic hydroxyl groups is 1. The van der Waals surface area contributed by atoms with Crippen LogP contribution in [0.1, 0.15) is 32.3 Å². The molecule has 1 atom stereocenters. The molecule has 0 heterocycles. The highest BCUT2D eigenvalue weighted by Gasteiger charge is 2.16. The Morgan fingerprint density at radius 3 is 2.33 bits per heavy atom. The third-order valence-corrected chi connectivity index (χ3v) is 3.90. The van der Waals surface area contributed by atoms with E-state index in [1.807, 2.05) is 0 Å². The molecule has 2 aromatic rings. The van der Waals surface area contributed by atoms with Gasteiger partial charge in [0, 0.05) is 0 Å². The molecule has 0 bridgehead atoms. The third kappa shape index (κ3) is 2.73. The summed E-state index contributed by atoms with van der Waals surface area (Å²) in [6.07, 6.45) is 2.62. The first-order valence-corrected chi connectivity index (χ1v) is 6.91. The Kier molecular flexibility index (Phi) is 4.38. The average molecular weight is 242 g/mol. The largest absolute Gasteiger partial charge is 0.392 e. The van der Waals surface area contributed by atoms with Crippen molar-refractivity contribution in [3.05, 3.63) is 48.0 Å². The highest BCUT2D eigenvalue weighted by atomic mass is 16.3. The maximum Gasteiger partial charge on any atom is 0.0608 e. The predicted octanol–water partition coefficient (Wildman–Crippen LogP) is 4.18. The van der Waals surface area contributed by atoms with Crippen LogP contribution in [0.3, 0.4) is 0 Å². The summed E-state index contributed by atoms with van der Waals surface area (Å²) >= 11 is 0. The van der Waals surface area contributed by atoms with E-state index in [0.29, 0.717) is 5.92 Å². The van der Waals surface area contributed by atoms with E-state index in [0.717, 1.165) is 19.3 Å². The summed E-state index contributed by atoms with van der Waals surface area (Å²) in [5, 5.41) is 12.8. The summed E-state index contributed by atoms with van der Waals surface area (Å²) in [5.41, 5.74) is 1.26. The highest BCUT2D eigenvalue weighted by molar-refractivity contribution is 5.85. The summed E-state index contributed by atoms with van der Waals surface area (Å²) in [6.45, 7) is 4.31. The molecular weight excluding hydrogens is 220 g/mol. The summed E-state index contributed by atoms with van der Waals surface area (Å²) in [6, 6.07) is 14.7. The SMILES string of the molecule is CCC(CC)C(O)Cc1cccc2ccccc12. The van der Waals surface area contributed by atoms with E-state index >= 15 is 0 Å². The molecule has 1 nitrogen and oxygen atoms in total. The van der Waals surface area contributed by atoms with E-state index in [-0.39, 0.29) is 6.10 Å². The minimum Gasteiger partial charge on any atom is -0.392 e. The van der Waals surface area contributed by atoms with Gasteiger partial charge in [-0.1, -0.05) is 69.2 Å². The molecule has 0 spiro atoms. The van der Waals surface area contributed by atoms with Crippen molar-refractivity contribution in [2.75, 3.05) is 0 Å². The smallest absolute Gasteiger partial charge is 0.0608 e. The summed E-state index contributed by atoms with van der Waals surface area (Å²) in [7, 11) is 0. The highest BCUT2D eigenvalue weighted by Crippen LogP contribution is 2.23. The summed E-state index contributed by atoms with van der Waals surface area (Å²) in [4.78, 5) is 0. The van der Waals surface area contributed by atoms with Gasteiger partial charge < -0.3 is 5.11 Å². The molecule has 18 heavy (non-hydrogen) atoms. The molecule has 0 saturated carbocycles. The van der Waals surface area contributed by atoms with Crippen molar-refractivity contribution in [3.63, 3.8) is 0 Å². The second-order valence-corrected chi connectivity index (χ2v) is 4.99. The number of benzene rings is 2. The van der Waals surface area contributed by atoms with Crippen LogP contribution in [0.5, 0.6) is 0 Å². The normalized spacial score (nSPS) is 13.1. The predicted molar refractivity (Wildman–Crippen MR) is 77.7 cm³/mol. The Balaban J connectivity index is 2.26. The molecule has 0 aromatic heterocycles. The molecule has 0 aliphatic heterocycles. The van der Waals surface area contributed by atoms with Crippen LogP contribution in [0.2, 0.25) is 0 Å². The van der Waals surface area contributed by atoms with Gasteiger partial charge in [-0.15, -0.1) is 0 Å². The van der Waals surface area contributed by atoms with E-state index in [1.165, 1.54) is 16.3 Å². The lowest BCUT2D eigenvalue weighted by Gasteiger charge is -2.20. The Hall–Kier alpha value is -1.34. The van der Waals surface area contributed by atoms with E-state index in [9.17, 15) is 5.11 Å². The number of rotatable bonds is 5. The third-order valence-electron chi connectivity index (χ3n) is 3.90. The van der Waals surface area contributed by atoms with E-state index in [4.69, 9.17) is 0 Å². The fourth-order valence-corrected chi connectivity index (χ4v) is 2.70. The van der Waals surface area contributed by atoms with E-state index < -0.39 is 0 Å². The van der Waals surface area contributed by atoms with Gasteiger partial charge in [0.25, 0.3) is 0 Å². The number of fused-ring (bicyclic) bond motifs is 1. The monoisotopic (exact) mass is 242 g/mol. The van der Waals surface area contributed by atoms with Gasteiger partial charge in [-0.25, -0.2) is 0 Å². The van der Waals surface area contributed by atoms with Crippen molar-refractivity contribution < 1.29 is 5.11 Å². The Bertz CT molecular complexity index is 494. The van der Waals surface area contributed by atoms with Gasteiger partial charge in [-0.3, -0.25) is 0 Å². The number of hydrogen-bond acceptors (Lipinski definition) is 1. The molecule has 96 valence electrons. The van der Waals surface area contributed by atoms with Crippen LogP contribution in [0, 0.1) is 5.92 Å². The molecule has 1 N–H and O–H groups in total. The lowest BCUT2D eigenvalue weighted by atomic mass is 9.90. The maximum atomic E-state index is 10.3. The van der Waals surface area contributed by atoms with Gasteiger partial charge in [0.05, 0.1) is 6.10 Å².